The highest BCUT2D eigenvalue weighted by atomic mass is 19.1. The molecule has 174 valence electrons. The maximum Gasteiger partial charge on any atom is 0.177 e. The van der Waals surface area contributed by atoms with Gasteiger partial charge in [-0.3, -0.25) is 4.98 Å². The van der Waals surface area contributed by atoms with Crippen LogP contribution in [0.2, 0.25) is 0 Å². The Morgan fingerprint density at radius 3 is 2.20 bits per heavy atom. The molecule has 35 heavy (non-hydrogen) atoms. The highest BCUT2D eigenvalue weighted by molar-refractivity contribution is 5.94. The van der Waals surface area contributed by atoms with Gasteiger partial charge < -0.3 is 9.47 Å². The van der Waals surface area contributed by atoms with Crippen molar-refractivity contribution in [2.75, 3.05) is 14.2 Å². The van der Waals surface area contributed by atoms with Gasteiger partial charge in [0, 0.05) is 41.2 Å². The van der Waals surface area contributed by atoms with Gasteiger partial charge in [-0.05, 0) is 30.3 Å². The minimum absolute atomic E-state index is 0.0966. The van der Waals surface area contributed by atoms with Crippen molar-refractivity contribution in [3.05, 3.63) is 84.6 Å². The quantitative estimate of drug-likeness (QED) is 0.318. The van der Waals surface area contributed by atoms with E-state index >= 15 is 8.78 Å². The number of aromatic nitrogens is 4. The van der Waals surface area contributed by atoms with Crippen molar-refractivity contribution in [1.82, 2.24) is 19.9 Å². The summed E-state index contributed by atoms with van der Waals surface area (Å²) in [6, 6.07) is 12.0. The number of rotatable bonds is 5. The molecule has 0 bridgehead atoms. The molecule has 0 fully saturated rings. The standard InChI is InChI=1S/C26H17F3N4O2/c1-34-19-11-20(35-2)23(29)21(22(19)28)18-10-15-13-31-26(14-6-5-9-30-12-14)33-24(15)25(32-18)16-7-3-4-8-17(16)27/h3-13H,1-2H3. The summed E-state index contributed by atoms with van der Waals surface area (Å²) in [5.74, 6) is -2.61. The Balaban J connectivity index is 1.84. The number of nitrogens with zero attached hydrogens (tertiary/aromatic N) is 4. The Kier molecular flexibility index (Phi) is 5.74. The third-order valence-electron chi connectivity index (χ3n) is 5.44. The number of halogens is 3. The molecule has 0 atom stereocenters. The van der Waals surface area contributed by atoms with Gasteiger partial charge in [-0.1, -0.05) is 12.1 Å². The van der Waals surface area contributed by atoms with Gasteiger partial charge >= 0.3 is 0 Å². The van der Waals surface area contributed by atoms with Crippen molar-refractivity contribution in [3.8, 4) is 45.4 Å². The maximum atomic E-state index is 15.3. The largest absolute Gasteiger partial charge is 0.494 e. The van der Waals surface area contributed by atoms with Gasteiger partial charge in [0.1, 0.15) is 17.0 Å². The van der Waals surface area contributed by atoms with E-state index in [1.165, 1.54) is 44.7 Å². The fourth-order valence-corrected chi connectivity index (χ4v) is 3.75. The smallest absolute Gasteiger partial charge is 0.177 e. The summed E-state index contributed by atoms with van der Waals surface area (Å²) in [7, 11) is 2.51. The van der Waals surface area contributed by atoms with E-state index in [9.17, 15) is 4.39 Å². The molecule has 0 aliphatic heterocycles. The molecular formula is C26H17F3N4O2. The summed E-state index contributed by atoms with van der Waals surface area (Å²) in [5.41, 5.74) is 0.600. The van der Waals surface area contributed by atoms with Crippen molar-refractivity contribution in [3.63, 3.8) is 0 Å². The molecule has 0 saturated heterocycles. The van der Waals surface area contributed by atoms with Gasteiger partial charge in [-0.25, -0.2) is 28.1 Å². The van der Waals surface area contributed by atoms with Crippen LogP contribution < -0.4 is 9.47 Å². The predicted octanol–water partition coefficient (Wildman–Crippen LogP) is 5.86. The molecule has 0 saturated carbocycles. The lowest BCUT2D eigenvalue weighted by Crippen LogP contribution is -2.02. The molecule has 3 heterocycles. The SMILES string of the molecule is COc1cc(OC)c(F)c(-c2cc3cnc(-c4cccnc4)nc3c(-c3ccccc3F)n2)c1F. The van der Waals surface area contributed by atoms with Crippen LogP contribution in [0.3, 0.4) is 0 Å². The summed E-state index contributed by atoms with van der Waals surface area (Å²) in [6.45, 7) is 0. The Hall–Kier alpha value is -4.53. The zero-order chi connectivity index (χ0) is 24.5. The first-order valence-electron chi connectivity index (χ1n) is 10.4. The molecule has 0 N–H and O–H groups in total. The molecule has 0 aliphatic rings. The fourth-order valence-electron chi connectivity index (χ4n) is 3.75. The first-order valence-corrected chi connectivity index (χ1v) is 10.4. The van der Waals surface area contributed by atoms with E-state index in [0.29, 0.717) is 22.3 Å². The van der Waals surface area contributed by atoms with Crippen LogP contribution in [0.4, 0.5) is 13.2 Å². The van der Waals surface area contributed by atoms with Gasteiger partial charge in [-0.2, -0.15) is 0 Å². The number of methoxy groups -OCH3 is 2. The molecule has 6 nitrogen and oxygen atoms in total. The van der Waals surface area contributed by atoms with Crippen LogP contribution in [0.1, 0.15) is 0 Å². The minimum atomic E-state index is -0.968. The van der Waals surface area contributed by atoms with Gasteiger partial charge in [0.25, 0.3) is 0 Å². The first kappa shape index (κ1) is 22.3. The lowest BCUT2D eigenvalue weighted by atomic mass is 10.0. The van der Waals surface area contributed by atoms with E-state index in [-0.39, 0.29) is 28.5 Å². The Labute approximate surface area is 198 Å². The molecule has 0 amide bonds. The molecule has 2 aromatic carbocycles. The van der Waals surface area contributed by atoms with Crippen molar-refractivity contribution in [2.24, 2.45) is 0 Å². The van der Waals surface area contributed by atoms with E-state index in [2.05, 4.69) is 19.9 Å². The van der Waals surface area contributed by atoms with Crippen LogP contribution in [0, 0.1) is 17.5 Å². The summed E-state index contributed by atoms with van der Waals surface area (Å²) in [6.07, 6.45) is 4.71. The summed E-state index contributed by atoms with van der Waals surface area (Å²) >= 11 is 0. The van der Waals surface area contributed by atoms with Crippen molar-refractivity contribution >= 4 is 10.9 Å². The van der Waals surface area contributed by atoms with E-state index in [1.54, 1.807) is 30.6 Å². The molecule has 3 aromatic heterocycles. The van der Waals surface area contributed by atoms with Crippen LogP contribution >= 0.6 is 0 Å². The van der Waals surface area contributed by atoms with E-state index in [0.717, 1.165) is 6.07 Å². The zero-order valence-corrected chi connectivity index (χ0v) is 18.6. The van der Waals surface area contributed by atoms with Crippen LogP contribution in [0.15, 0.2) is 67.1 Å². The monoisotopic (exact) mass is 474 g/mol. The van der Waals surface area contributed by atoms with Gasteiger partial charge in [0.2, 0.25) is 0 Å². The second-order valence-electron chi connectivity index (χ2n) is 7.49. The van der Waals surface area contributed by atoms with Gasteiger partial charge in [-0.15, -0.1) is 0 Å². The first-order chi connectivity index (χ1) is 17.0. The Morgan fingerprint density at radius 1 is 0.800 bits per heavy atom. The minimum Gasteiger partial charge on any atom is -0.494 e. The molecule has 0 aliphatic carbocycles. The number of fused-ring (bicyclic) bond motifs is 1. The van der Waals surface area contributed by atoms with Crippen LogP contribution in [-0.2, 0) is 0 Å². The Bertz CT molecular complexity index is 1530. The molecule has 0 radical (unpaired) electrons. The van der Waals surface area contributed by atoms with Crippen LogP contribution in [0.25, 0.3) is 44.8 Å². The molecule has 9 heteroatoms. The number of benzene rings is 2. The van der Waals surface area contributed by atoms with Crippen molar-refractivity contribution < 1.29 is 22.6 Å². The maximum absolute atomic E-state index is 15.3. The summed E-state index contributed by atoms with van der Waals surface area (Å²) < 4.78 is 55.5. The second kappa shape index (κ2) is 9.02. The fraction of sp³-hybridized carbons (Fsp3) is 0.0769. The highest BCUT2D eigenvalue weighted by Gasteiger charge is 2.25. The van der Waals surface area contributed by atoms with Crippen molar-refractivity contribution in [2.45, 2.75) is 0 Å². The molecule has 5 aromatic rings. The van der Waals surface area contributed by atoms with E-state index < -0.39 is 23.0 Å². The lowest BCUT2D eigenvalue weighted by Gasteiger charge is -2.15. The van der Waals surface area contributed by atoms with Crippen LogP contribution in [-0.4, -0.2) is 34.2 Å². The van der Waals surface area contributed by atoms with E-state index in [4.69, 9.17) is 9.47 Å². The highest BCUT2D eigenvalue weighted by Crippen LogP contribution is 2.39. The normalized spacial score (nSPS) is 11.0. The number of ether oxygens (including phenoxy) is 2. The molecule has 0 spiro atoms. The topological polar surface area (TPSA) is 70.0 Å². The van der Waals surface area contributed by atoms with E-state index in [1.807, 2.05) is 0 Å². The number of hydrogen-bond donors (Lipinski definition) is 0. The number of pyridine rings is 2. The Morgan fingerprint density at radius 2 is 1.54 bits per heavy atom. The van der Waals surface area contributed by atoms with Gasteiger partial charge in [0.15, 0.2) is 29.0 Å². The zero-order valence-electron chi connectivity index (χ0n) is 18.6. The second-order valence-corrected chi connectivity index (χ2v) is 7.49. The van der Waals surface area contributed by atoms with Crippen molar-refractivity contribution in [1.29, 1.82) is 0 Å². The summed E-state index contributed by atoms with van der Waals surface area (Å²) in [4.78, 5) is 17.5. The average molecular weight is 474 g/mol. The summed E-state index contributed by atoms with van der Waals surface area (Å²) in [5, 5.41) is 0.404. The predicted molar refractivity (Wildman–Crippen MR) is 124 cm³/mol. The third kappa shape index (κ3) is 3.90. The van der Waals surface area contributed by atoms with Crippen LogP contribution in [0.5, 0.6) is 11.5 Å². The average Bonchev–Trinajstić information content (AvgIpc) is 2.89. The molecule has 5 rings (SSSR count). The lowest BCUT2D eigenvalue weighted by molar-refractivity contribution is 0.359. The third-order valence-corrected chi connectivity index (χ3v) is 5.44. The van der Waals surface area contributed by atoms with Gasteiger partial charge in [0.05, 0.1) is 25.5 Å². The number of hydrogen-bond acceptors (Lipinski definition) is 6. The molecular weight excluding hydrogens is 457 g/mol. The molecule has 0 unspecified atom stereocenters.